The lowest BCUT2D eigenvalue weighted by Gasteiger charge is -2.01. The summed E-state index contributed by atoms with van der Waals surface area (Å²) in [4.78, 5) is 6.85. The zero-order valence-corrected chi connectivity index (χ0v) is 6.10. The molecule has 1 heterocycles. The fraction of sp³-hybridized carbons (Fsp3) is 0.571. The molecule has 1 aromatic heterocycles. The Morgan fingerprint density at radius 3 is 2.91 bits per heavy atom. The average molecular weight is 155 g/mol. The van der Waals surface area contributed by atoms with Crippen molar-refractivity contribution in [2.24, 2.45) is 5.73 Å². The first-order chi connectivity index (χ1) is 5.24. The Morgan fingerprint density at radius 1 is 1.73 bits per heavy atom. The molecule has 1 aromatic rings. The summed E-state index contributed by atoms with van der Waals surface area (Å²) in [5.74, 6) is 0.727. The molecule has 1 saturated carbocycles. The monoisotopic (exact) mass is 155 g/mol. The van der Waals surface area contributed by atoms with Gasteiger partial charge in [0.1, 0.15) is 12.5 Å². The molecule has 0 saturated heterocycles. The molecule has 0 aliphatic heterocycles. The average Bonchev–Trinajstić information content (AvgIpc) is 2.61. The topological polar surface area (TPSA) is 54.7 Å². The smallest absolute Gasteiger partial charge is 0.131 e. The number of halogens is 1. The fourth-order valence-corrected chi connectivity index (χ4v) is 1.05. The van der Waals surface area contributed by atoms with Gasteiger partial charge in [-0.1, -0.05) is 0 Å². The highest BCUT2D eigenvalue weighted by Gasteiger charge is 2.42. The summed E-state index contributed by atoms with van der Waals surface area (Å²) >= 11 is 0. The van der Waals surface area contributed by atoms with Crippen LogP contribution in [-0.2, 0) is 12.2 Å². The van der Waals surface area contributed by atoms with Crippen molar-refractivity contribution < 1.29 is 4.39 Å². The van der Waals surface area contributed by atoms with E-state index in [1.165, 1.54) is 6.20 Å². The van der Waals surface area contributed by atoms with Crippen molar-refractivity contribution in [3.63, 3.8) is 0 Å². The third-order valence-corrected chi connectivity index (χ3v) is 2.03. The molecule has 1 fully saturated rings. The quantitative estimate of drug-likeness (QED) is 0.664. The van der Waals surface area contributed by atoms with E-state index in [0.29, 0.717) is 5.69 Å². The highest BCUT2D eigenvalue weighted by Crippen LogP contribution is 2.40. The van der Waals surface area contributed by atoms with E-state index in [0.717, 1.165) is 18.7 Å². The molecule has 4 heteroatoms. The van der Waals surface area contributed by atoms with Crippen LogP contribution in [0.2, 0.25) is 0 Å². The Labute approximate surface area is 63.8 Å². The summed E-state index contributed by atoms with van der Waals surface area (Å²) in [5.41, 5.74) is 6.06. The largest absolute Gasteiger partial charge is 0.342 e. The standard InChI is InChI=1S/C7H10FN3/c8-3-5-4-10-6(11-5)7(9)1-2-7/h4H,1-3,9H2,(H,10,11). The van der Waals surface area contributed by atoms with E-state index in [9.17, 15) is 4.39 Å². The lowest BCUT2D eigenvalue weighted by Crippen LogP contribution is -2.20. The van der Waals surface area contributed by atoms with E-state index in [1.807, 2.05) is 0 Å². The van der Waals surface area contributed by atoms with Crippen molar-refractivity contribution in [2.45, 2.75) is 25.1 Å². The minimum Gasteiger partial charge on any atom is -0.342 e. The van der Waals surface area contributed by atoms with Crippen LogP contribution < -0.4 is 5.73 Å². The van der Waals surface area contributed by atoms with Crippen LogP contribution in [-0.4, -0.2) is 9.97 Å². The number of nitrogens with zero attached hydrogens (tertiary/aromatic N) is 1. The minimum atomic E-state index is -0.497. The molecule has 11 heavy (non-hydrogen) atoms. The van der Waals surface area contributed by atoms with Gasteiger partial charge in [-0.2, -0.15) is 0 Å². The van der Waals surface area contributed by atoms with Crippen molar-refractivity contribution in [2.75, 3.05) is 0 Å². The molecule has 1 aliphatic rings. The van der Waals surface area contributed by atoms with Crippen molar-refractivity contribution in [1.29, 1.82) is 0 Å². The number of hydrogen-bond donors (Lipinski definition) is 2. The maximum Gasteiger partial charge on any atom is 0.131 e. The Bertz CT molecular complexity index is 264. The minimum absolute atomic E-state index is 0.270. The maximum absolute atomic E-state index is 12.0. The molecule has 0 atom stereocenters. The first-order valence-electron chi connectivity index (χ1n) is 3.64. The number of rotatable bonds is 2. The zero-order chi connectivity index (χ0) is 7.90. The Balaban J connectivity index is 2.25. The van der Waals surface area contributed by atoms with E-state index in [2.05, 4.69) is 9.97 Å². The predicted molar refractivity (Wildman–Crippen MR) is 38.5 cm³/mol. The number of alkyl halides is 1. The van der Waals surface area contributed by atoms with E-state index in [1.54, 1.807) is 0 Å². The van der Waals surface area contributed by atoms with Crippen molar-refractivity contribution in [1.82, 2.24) is 9.97 Å². The van der Waals surface area contributed by atoms with Gasteiger partial charge in [0, 0.05) is 0 Å². The Hall–Kier alpha value is -0.900. The van der Waals surface area contributed by atoms with Crippen molar-refractivity contribution >= 4 is 0 Å². The second-order valence-corrected chi connectivity index (χ2v) is 3.05. The van der Waals surface area contributed by atoms with Gasteiger partial charge in [-0.25, -0.2) is 9.37 Å². The SMILES string of the molecule is NC1(c2ncc(CF)[nH]2)CC1. The molecule has 0 spiro atoms. The second kappa shape index (κ2) is 2.04. The second-order valence-electron chi connectivity index (χ2n) is 3.05. The van der Waals surface area contributed by atoms with Gasteiger partial charge in [0.15, 0.2) is 0 Å². The molecule has 3 nitrogen and oxygen atoms in total. The third-order valence-electron chi connectivity index (χ3n) is 2.03. The van der Waals surface area contributed by atoms with Crippen LogP contribution >= 0.6 is 0 Å². The fourth-order valence-electron chi connectivity index (χ4n) is 1.05. The van der Waals surface area contributed by atoms with Crippen LogP contribution in [0.15, 0.2) is 6.20 Å². The zero-order valence-electron chi connectivity index (χ0n) is 6.10. The van der Waals surface area contributed by atoms with Gasteiger partial charge >= 0.3 is 0 Å². The molecule has 3 N–H and O–H groups in total. The molecule has 60 valence electrons. The molecular formula is C7H10FN3. The molecule has 2 rings (SSSR count). The van der Waals surface area contributed by atoms with Crippen LogP contribution in [0.4, 0.5) is 4.39 Å². The predicted octanol–water partition coefficient (Wildman–Crippen LogP) is 0.827. The highest BCUT2D eigenvalue weighted by molar-refractivity contribution is 5.16. The highest BCUT2D eigenvalue weighted by atomic mass is 19.1. The number of nitrogens with one attached hydrogen (secondary N) is 1. The molecular weight excluding hydrogens is 145 g/mol. The van der Waals surface area contributed by atoms with Gasteiger partial charge in [-0.15, -0.1) is 0 Å². The van der Waals surface area contributed by atoms with E-state index in [-0.39, 0.29) is 5.54 Å². The number of nitrogens with two attached hydrogens (primary N) is 1. The third kappa shape index (κ3) is 1.03. The van der Waals surface area contributed by atoms with Crippen LogP contribution in [0, 0.1) is 0 Å². The first-order valence-corrected chi connectivity index (χ1v) is 3.64. The lowest BCUT2D eigenvalue weighted by atomic mass is 10.3. The molecule has 0 radical (unpaired) electrons. The van der Waals surface area contributed by atoms with Gasteiger partial charge < -0.3 is 10.7 Å². The van der Waals surface area contributed by atoms with Gasteiger partial charge in [0.25, 0.3) is 0 Å². The summed E-state index contributed by atoms with van der Waals surface area (Å²) in [6.45, 7) is -0.497. The van der Waals surface area contributed by atoms with Crippen molar-refractivity contribution in [3.8, 4) is 0 Å². The van der Waals surface area contributed by atoms with Gasteiger partial charge in [0.2, 0.25) is 0 Å². The molecule has 0 amide bonds. The summed E-state index contributed by atoms with van der Waals surface area (Å²) < 4.78 is 12.0. The van der Waals surface area contributed by atoms with E-state index < -0.39 is 6.67 Å². The number of imidazole rings is 1. The van der Waals surface area contributed by atoms with Crippen LogP contribution in [0.1, 0.15) is 24.4 Å². The Kier molecular flexibility index (Phi) is 1.26. The summed E-state index contributed by atoms with van der Waals surface area (Å²) in [6.07, 6.45) is 3.40. The molecule has 0 aromatic carbocycles. The van der Waals surface area contributed by atoms with Crippen LogP contribution in [0.25, 0.3) is 0 Å². The van der Waals surface area contributed by atoms with E-state index >= 15 is 0 Å². The number of aromatic nitrogens is 2. The number of H-pyrrole nitrogens is 1. The normalized spacial score (nSPS) is 20.2. The van der Waals surface area contributed by atoms with Crippen LogP contribution in [0.3, 0.4) is 0 Å². The molecule has 0 bridgehead atoms. The van der Waals surface area contributed by atoms with Gasteiger partial charge in [-0.3, -0.25) is 0 Å². The Morgan fingerprint density at radius 2 is 2.45 bits per heavy atom. The lowest BCUT2D eigenvalue weighted by molar-refractivity contribution is 0.476. The molecule has 1 aliphatic carbocycles. The first kappa shape index (κ1) is 6.79. The summed E-state index contributed by atoms with van der Waals surface area (Å²) in [7, 11) is 0. The van der Waals surface area contributed by atoms with Crippen LogP contribution in [0.5, 0.6) is 0 Å². The van der Waals surface area contributed by atoms with E-state index in [4.69, 9.17) is 5.73 Å². The number of aromatic amines is 1. The van der Waals surface area contributed by atoms with Gasteiger partial charge in [-0.05, 0) is 12.8 Å². The van der Waals surface area contributed by atoms with Gasteiger partial charge in [0.05, 0.1) is 17.4 Å². The molecule has 0 unspecified atom stereocenters. The van der Waals surface area contributed by atoms with Crippen molar-refractivity contribution in [3.05, 3.63) is 17.7 Å². The summed E-state index contributed by atoms with van der Waals surface area (Å²) in [6, 6.07) is 0. The summed E-state index contributed by atoms with van der Waals surface area (Å²) in [5, 5.41) is 0. The maximum atomic E-state index is 12.0. The number of hydrogen-bond acceptors (Lipinski definition) is 2.